The fourth-order valence-electron chi connectivity index (χ4n) is 3.65. The first-order chi connectivity index (χ1) is 11.1. The largest absolute Gasteiger partial charge is 0.337 e. The molecule has 2 fully saturated rings. The van der Waals surface area contributed by atoms with Crippen molar-refractivity contribution >= 4 is 5.91 Å². The van der Waals surface area contributed by atoms with Crippen molar-refractivity contribution in [3.8, 4) is 0 Å². The standard InChI is InChI=1S/C18H28N4O/c1-14(2)18-19-10-15(11-20-18)12-21-8-9-22(17(23)13-21)16-6-4-3-5-7-16/h10-11,14,16H,3-9,12-13H2,1-2H3. The molecule has 5 nitrogen and oxygen atoms in total. The number of nitrogens with zero attached hydrogens (tertiary/aromatic N) is 4. The molecule has 0 spiro atoms. The van der Waals surface area contributed by atoms with Crippen molar-refractivity contribution in [3.63, 3.8) is 0 Å². The minimum atomic E-state index is 0.294. The highest BCUT2D eigenvalue weighted by Crippen LogP contribution is 2.24. The summed E-state index contributed by atoms with van der Waals surface area (Å²) in [6.07, 6.45) is 10.1. The third-order valence-electron chi connectivity index (χ3n) is 5.00. The van der Waals surface area contributed by atoms with Gasteiger partial charge in [0.2, 0.25) is 5.91 Å². The van der Waals surface area contributed by atoms with Gasteiger partial charge in [0.1, 0.15) is 5.82 Å². The number of amides is 1. The van der Waals surface area contributed by atoms with E-state index in [9.17, 15) is 4.79 Å². The Morgan fingerprint density at radius 1 is 1.13 bits per heavy atom. The summed E-state index contributed by atoms with van der Waals surface area (Å²) < 4.78 is 0. The van der Waals surface area contributed by atoms with Crippen molar-refractivity contribution in [2.75, 3.05) is 19.6 Å². The zero-order chi connectivity index (χ0) is 16.2. The van der Waals surface area contributed by atoms with Crippen LogP contribution in [0.2, 0.25) is 0 Å². The van der Waals surface area contributed by atoms with Gasteiger partial charge in [-0.05, 0) is 12.8 Å². The first-order valence-corrected chi connectivity index (χ1v) is 8.96. The van der Waals surface area contributed by atoms with Crippen molar-refractivity contribution in [2.45, 2.75) is 64.5 Å². The molecule has 5 heteroatoms. The molecule has 0 atom stereocenters. The summed E-state index contributed by atoms with van der Waals surface area (Å²) in [6, 6.07) is 0.493. The van der Waals surface area contributed by atoms with Gasteiger partial charge < -0.3 is 4.90 Å². The summed E-state index contributed by atoms with van der Waals surface area (Å²) in [4.78, 5) is 25.7. The van der Waals surface area contributed by atoms with Crippen LogP contribution in [-0.2, 0) is 11.3 Å². The predicted octanol–water partition coefficient (Wildman–Crippen LogP) is 2.58. The molecule has 1 saturated heterocycles. The van der Waals surface area contributed by atoms with Gasteiger partial charge in [0, 0.05) is 49.6 Å². The quantitative estimate of drug-likeness (QED) is 0.856. The van der Waals surface area contributed by atoms with Crippen LogP contribution in [-0.4, -0.2) is 51.4 Å². The molecule has 2 aliphatic rings. The van der Waals surface area contributed by atoms with Crippen LogP contribution in [0.3, 0.4) is 0 Å². The molecule has 1 saturated carbocycles. The highest BCUT2D eigenvalue weighted by Gasteiger charge is 2.30. The molecule has 0 bridgehead atoms. The van der Waals surface area contributed by atoms with E-state index in [1.807, 2.05) is 12.4 Å². The molecule has 1 aromatic rings. The molecule has 0 aromatic carbocycles. The fraction of sp³-hybridized carbons (Fsp3) is 0.722. The number of hydrogen-bond acceptors (Lipinski definition) is 4. The normalized spacial score (nSPS) is 21.2. The third kappa shape index (κ3) is 4.08. The molecule has 1 aliphatic carbocycles. The van der Waals surface area contributed by atoms with Crippen molar-refractivity contribution in [1.29, 1.82) is 0 Å². The lowest BCUT2D eigenvalue weighted by Gasteiger charge is -2.40. The highest BCUT2D eigenvalue weighted by atomic mass is 16.2. The smallest absolute Gasteiger partial charge is 0.237 e. The molecular formula is C18H28N4O. The Hall–Kier alpha value is -1.49. The van der Waals surface area contributed by atoms with Crippen LogP contribution in [0.25, 0.3) is 0 Å². The minimum absolute atomic E-state index is 0.294. The second-order valence-electron chi connectivity index (χ2n) is 7.19. The maximum atomic E-state index is 12.5. The van der Waals surface area contributed by atoms with E-state index in [-0.39, 0.29) is 0 Å². The van der Waals surface area contributed by atoms with E-state index in [0.29, 0.717) is 24.4 Å². The number of carbonyl (C=O) groups excluding carboxylic acids is 1. The Morgan fingerprint density at radius 3 is 2.43 bits per heavy atom. The van der Waals surface area contributed by atoms with Crippen LogP contribution >= 0.6 is 0 Å². The highest BCUT2D eigenvalue weighted by molar-refractivity contribution is 5.79. The Bertz CT molecular complexity index is 522. The average molecular weight is 316 g/mol. The van der Waals surface area contributed by atoms with Gasteiger partial charge in [-0.1, -0.05) is 33.1 Å². The molecule has 0 N–H and O–H groups in total. The summed E-state index contributed by atoms with van der Waals surface area (Å²) in [5.41, 5.74) is 1.09. The van der Waals surface area contributed by atoms with E-state index in [4.69, 9.17) is 0 Å². The van der Waals surface area contributed by atoms with E-state index in [2.05, 4.69) is 33.6 Å². The molecule has 2 heterocycles. The lowest BCUT2D eigenvalue weighted by molar-refractivity contribution is -0.139. The molecule has 126 valence electrons. The fourth-order valence-corrected chi connectivity index (χ4v) is 3.65. The lowest BCUT2D eigenvalue weighted by Crippen LogP contribution is -2.54. The summed E-state index contributed by atoms with van der Waals surface area (Å²) in [5.74, 6) is 1.53. The average Bonchev–Trinajstić information content (AvgIpc) is 2.56. The van der Waals surface area contributed by atoms with Gasteiger partial charge in [-0.3, -0.25) is 9.69 Å². The molecule has 1 aliphatic heterocycles. The van der Waals surface area contributed by atoms with E-state index in [0.717, 1.165) is 31.0 Å². The lowest BCUT2D eigenvalue weighted by atomic mass is 9.93. The number of carbonyl (C=O) groups is 1. The maximum absolute atomic E-state index is 12.5. The van der Waals surface area contributed by atoms with Gasteiger partial charge in [-0.15, -0.1) is 0 Å². The molecule has 3 rings (SSSR count). The van der Waals surface area contributed by atoms with E-state index < -0.39 is 0 Å². The molecule has 0 unspecified atom stereocenters. The summed E-state index contributed by atoms with van der Waals surface area (Å²) in [6.45, 7) is 7.31. The Morgan fingerprint density at radius 2 is 1.83 bits per heavy atom. The van der Waals surface area contributed by atoms with Crippen LogP contribution in [0, 0.1) is 0 Å². The van der Waals surface area contributed by atoms with Crippen LogP contribution < -0.4 is 0 Å². The first kappa shape index (κ1) is 16.4. The van der Waals surface area contributed by atoms with Crippen LogP contribution in [0.5, 0.6) is 0 Å². The SMILES string of the molecule is CC(C)c1ncc(CN2CCN(C3CCCCC3)C(=O)C2)cn1. The van der Waals surface area contributed by atoms with Gasteiger partial charge in [0.05, 0.1) is 6.54 Å². The Labute approximate surface area is 139 Å². The van der Waals surface area contributed by atoms with Gasteiger partial charge in [-0.2, -0.15) is 0 Å². The van der Waals surface area contributed by atoms with Crippen LogP contribution in [0.4, 0.5) is 0 Å². The van der Waals surface area contributed by atoms with Gasteiger partial charge >= 0.3 is 0 Å². The van der Waals surface area contributed by atoms with Crippen molar-refractivity contribution in [3.05, 3.63) is 23.8 Å². The number of piperazine rings is 1. The summed E-state index contributed by atoms with van der Waals surface area (Å²) in [7, 11) is 0. The zero-order valence-electron chi connectivity index (χ0n) is 14.4. The van der Waals surface area contributed by atoms with Crippen LogP contribution in [0.1, 0.15) is 63.3 Å². The maximum Gasteiger partial charge on any atom is 0.237 e. The van der Waals surface area contributed by atoms with Gasteiger partial charge in [0.15, 0.2) is 0 Å². The molecule has 1 aromatic heterocycles. The van der Waals surface area contributed by atoms with Crippen molar-refractivity contribution in [2.24, 2.45) is 0 Å². The number of rotatable bonds is 4. The second kappa shape index (κ2) is 7.39. The summed E-state index contributed by atoms with van der Waals surface area (Å²) >= 11 is 0. The number of hydrogen-bond donors (Lipinski definition) is 0. The van der Waals surface area contributed by atoms with Crippen LogP contribution in [0.15, 0.2) is 12.4 Å². The van der Waals surface area contributed by atoms with E-state index >= 15 is 0 Å². The van der Waals surface area contributed by atoms with Gasteiger partial charge in [-0.25, -0.2) is 9.97 Å². The molecule has 1 amide bonds. The molecule has 23 heavy (non-hydrogen) atoms. The summed E-state index contributed by atoms with van der Waals surface area (Å²) in [5, 5.41) is 0. The molecule has 0 radical (unpaired) electrons. The van der Waals surface area contributed by atoms with E-state index in [1.54, 1.807) is 0 Å². The second-order valence-corrected chi connectivity index (χ2v) is 7.19. The third-order valence-corrected chi connectivity index (χ3v) is 5.00. The van der Waals surface area contributed by atoms with E-state index in [1.165, 1.54) is 32.1 Å². The first-order valence-electron chi connectivity index (χ1n) is 8.96. The van der Waals surface area contributed by atoms with Crippen molar-refractivity contribution in [1.82, 2.24) is 19.8 Å². The van der Waals surface area contributed by atoms with Crippen molar-refractivity contribution < 1.29 is 4.79 Å². The zero-order valence-corrected chi connectivity index (χ0v) is 14.4. The Kier molecular flexibility index (Phi) is 5.26. The molecular weight excluding hydrogens is 288 g/mol. The number of aromatic nitrogens is 2. The predicted molar refractivity (Wildman–Crippen MR) is 90.0 cm³/mol. The minimum Gasteiger partial charge on any atom is -0.337 e. The Balaban J connectivity index is 1.54. The van der Waals surface area contributed by atoms with Gasteiger partial charge in [0.25, 0.3) is 0 Å². The monoisotopic (exact) mass is 316 g/mol. The topological polar surface area (TPSA) is 49.3 Å².